The summed E-state index contributed by atoms with van der Waals surface area (Å²) in [7, 11) is 0. The molecule has 0 spiro atoms. The van der Waals surface area contributed by atoms with Crippen molar-refractivity contribution in [1.82, 2.24) is 0 Å². The average molecular weight is 663 g/mol. The van der Waals surface area contributed by atoms with Crippen LogP contribution in [0.25, 0.3) is 20.2 Å². The van der Waals surface area contributed by atoms with Gasteiger partial charge < -0.3 is 9.80 Å². The van der Waals surface area contributed by atoms with E-state index >= 15 is 0 Å². The van der Waals surface area contributed by atoms with Crippen molar-refractivity contribution in [1.29, 1.82) is 0 Å². The van der Waals surface area contributed by atoms with Crippen molar-refractivity contribution in [3.05, 3.63) is 36.4 Å². The highest BCUT2D eigenvalue weighted by Crippen LogP contribution is 2.44. The Morgan fingerprint density at radius 3 is 0.936 bits per heavy atom. The average Bonchev–Trinajstić information content (AvgIpc) is 3.48. The molecule has 0 fully saturated rings. The second-order valence-electron chi connectivity index (χ2n) is 14.4. The van der Waals surface area contributed by atoms with Crippen molar-refractivity contribution >= 4 is 42.9 Å². The van der Waals surface area contributed by atoms with Crippen LogP contribution in [0.3, 0.4) is 0 Å². The highest BCUT2D eigenvalue weighted by Gasteiger charge is 2.19. The SMILES string of the molecule is CCCCCCCCN(CCCCCCCC)c1cccc2sc3cccc(N(CCCCCCCC)CCCCCCCC)c3c12. The van der Waals surface area contributed by atoms with Gasteiger partial charge in [0.2, 0.25) is 0 Å². The fourth-order valence-electron chi connectivity index (χ4n) is 7.39. The van der Waals surface area contributed by atoms with E-state index < -0.39 is 0 Å². The molecular weight excluding hydrogens is 589 g/mol. The molecule has 3 aromatic rings. The molecule has 0 amide bonds. The highest BCUT2D eigenvalue weighted by atomic mass is 32.1. The van der Waals surface area contributed by atoms with Gasteiger partial charge in [-0.05, 0) is 49.9 Å². The maximum absolute atomic E-state index is 2.80. The molecule has 0 aliphatic carbocycles. The number of anilines is 2. The predicted octanol–water partition coefficient (Wildman–Crippen LogP) is 15.1. The molecule has 0 atom stereocenters. The molecule has 0 unspecified atom stereocenters. The predicted molar refractivity (Wildman–Crippen MR) is 217 cm³/mol. The highest BCUT2D eigenvalue weighted by molar-refractivity contribution is 7.26. The van der Waals surface area contributed by atoms with Gasteiger partial charge >= 0.3 is 0 Å². The third-order valence-corrected chi connectivity index (χ3v) is 11.4. The van der Waals surface area contributed by atoms with Gasteiger partial charge in [-0.3, -0.25) is 0 Å². The van der Waals surface area contributed by atoms with Crippen molar-refractivity contribution < 1.29 is 0 Å². The van der Waals surface area contributed by atoms with Crippen LogP contribution in [0.1, 0.15) is 182 Å². The monoisotopic (exact) mass is 663 g/mol. The summed E-state index contributed by atoms with van der Waals surface area (Å²) in [5.74, 6) is 0. The maximum atomic E-state index is 2.80. The normalized spacial score (nSPS) is 11.7. The Morgan fingerprint density at radius 1 is 0.362 bits per heavy atom. The topological polar surface area (TPSA) is 6.48 Å². The van der Waals surface area contributed by atoms with Crippen LogP contribution in [0.2, 0.25) is 0 Å². The summed E-state index contributed by atoms with van der Waals surface area (Å²) in [5, 5.41) is 3.08. The standard InChI is InChI=1S/C44H74N2S/c1-5-9-13-17-21-25-35-45(36-26-22-18-14-10-6-2)39-31-29-33-41-43(39)44-40(32-30-34-42(44)47-41)46(37-27-23-19-15-11-7-3)38-28-24-20-16-12-8-4/h29-34H,5-28,35-38H2,1-4H3. The summed E-state index contributed by atoms with van der Waals surface area (Å²) in [6.45, 7) is 14.1. The minimum Gasteiger partial charge on any atom is -0.371 e. The van der Waals surface area contributed by atoms with Crippen LogP contribution < -0.4 is 9.80 Å². The van der Waals surface area contributed by atoms with Gasteiger partial charge in [-0.15, -0.1) is 11.3 Å². The minimum atomic E-state index is 1.19. The molecule has 0 saturated carbocycles. The Hall–Kier alpha value is -1.74. The van der Waals surface area contributed by atoms with E-state index in [1.165, 1.54) is 212 Å². The van der Waals surface area contributed by atoms with Gasteiger partial charge in [0.05, 0.1) is 0 Å². The molecule has 2 nitrogen and oxygen atoms in total. The van der Waals surface area contributed by atoms with Crippen LogP contribution in [-0.2, 0) is 0 Å². The number of hydrogen-bond acceptors (Lipinski definition) is 3. The number of fused-ring (bicyclic) bond motifs is 3. The summed E-state index contributed by atoms with van der Waals surface area (Å²) in [6, 6.07) is 14.4. The minimum absolute atomic E-state index is 1.19. The fraction of sp³-hybridized carbons (Fsp3) is 0.727. The van der Waals surface area contributed by atoms with E-state index in [0.717, 1.165) is 0 Å². The van der Waals surface area contributed by atoms with Crippen molar-refractivity contribution in [2.75, 3.05) is 36.0 Å². The lowest BCUT2D eigenvalue weighted by Crippen LogP contribution is -2.27. The lowest BCUT2D eigenvalue weighted by atomic mass is 10.0. The number of unbranched alkanes of at least 4 members (excludes halogenated alkanes) is 20. The zero-order valence-electron chi connectivity index (χ0n) is 31.6. The molecule has 0 radical (unpaired) electrons. The van der Waals surface area contributed by atoms with E-state index in [2.05, 4.69) is 73.9 Å². The first-order chi connectivity index (χ1) is 23.2. The molecule has 1 aromatic heterocycles. The number of rotatable bonds is 30. The van der Waals surface area contributed by atoms with E-state index in [9.17, 15) is 0 Å². The molecule has 3 heteroatoms. The van der Waals surface area contributed by atoms with Crippen molar-refractivity contribution in [3.8, 4) is 0 Å². The smallest absolute Gasteiger partial charge is 0.0461 e. The Kier molecular flexibility index (Phi) is 21.3. The quantitative estimate of drug-likeness (QED) is 0.0655. The van der Waals surface area contributed by atoms with Crippen LogP contribution in [0.15, 0.2) is 36.4 Å². The van der Waals surface area contributed by atoms with E-state index in [1.807, 2.05) is 11.3 Å². The molecule has 266 valence electrons. The zero-order chi connectivity index (χ0) is 33.4. The van der Waals surface area contributed by atoms with Crippen molar-refractivity contribution in [2.24, 2.45) is 0 Å². The molecule has 3 rings (SSSR count). The number of benzene rings is 2. The molecule has 47 heavy (non-hydrogen) atoms. The van der Waals surface area contributed by atoms with Gasteiger partial charge in [0.1, 0.15) is 0 Å². The van der Waals surface area contributed by atoms with Crippen LogP contribution >= 0.6 is 11.3 Å². The van der Waals surface area contributed by atoms with Crippen LogP contribution in [0, 0.1) is 0 Å². The van der Waals surface area contributed by atoms with Gasteiger partial charge in [0, 0.05) is 57.7 Å². The summed E-state index contributed by atoms with van der Waals surface area (Å²) < 4.78 is 2.94. The van der Waals surface area contributed by atoms with Gasteiger partial charge in [-0.25, -0.2) is 0 Å². The van der Waals surface area contributed by atoms with Crippen molar-refractivity contribution in [2.45, 2.75) is 182 Å². The Morgan fingerprint density at radius 2 is 0.638 bits per heavy atom. The third kappa shape index (κ3) is 14.3. The molecule has 1 heterocycles. The van der Waals surface area contributed by atoms with Crippen LogP contribution in [0.5, 0.6) is 0 Å². The fourth-order valence-corrected chi connectivity index (χ4v) is 8.54. The lowest BCUT2D eigenvalue weighted by molar-refractivity contribution is 0.575. The number of hydrogen-bond donors (Lipinski definition) is 0. The Labute approximate surface area is 296 Å². The van der Waals surface area contributed by atoms with Gasteiger partial charge in [0.15, 0.2) is 0 Å². The molecule has 0 saturated heterocycles. The van der Waals surface area contributed by atoms with Crippen molar-refractivity contribution in [3.63, 3.8) is 0 Å². The first-order valence-corrected chi connectivity index (χ1v) is 21.5. The third-order valence-electron chi connectivity index (χ3n) is 10.3. The summed E-state index contributed by atoms with van der Waals surface area (Å²) in [5.41, 5.74) is 3.00. The largest absolute Gasteiger partial charge is 0.371 e. The molecule has 0 N–H and O–H groups in total. The maximum Gasteiger partial charge on any atom is 0.0461 e. The van der Waals surface area contributed by atoms with Gasteiger partial charge in [-0.1, -0.05) is 168 Å². The van der Waals surface area contributed by atoms with Gasteiger partial charge in [-0.2, -0.15) is 0 Å². The second kappa shape index (κ2) is 25.3. The number of nitrogens with zero attached hydrogens (tertiary/aromatic N) is 2. The van der Waals surface area contributed by atoms with E-state index in [4.69, 9.17) is 0 Å². The molecule has 2 aromatic carbocycles. The molecular formula is C44H74N2S. The first-order valence-electron chi connectivity index (χ1n) is 20.7. The lowest BCUT2D eigenvalue weighted by Gasteiger charge is -2.28. The van der Waals surface area contributed by atoms with Crippen LogP contribution in [-0.4, -0.2) is 26.2 Å². The number of thiophene rings is 1. The van der Waals surface area contributed by atoms with E-state index in [1.54, 1.807) is 0 Å². The van der Waals surface area contributed by atoms with Gasteiger partial charge in [0.25, 0.3) is 0 Å². The summed E-state index contributed by atoms with van der Waals surface area (Å²) >= 11 is 2.02. The first kappa shape index (κ1) is 39.7. The molecule has 0 aliphatic heterocycles. The second-order valence-corrected chi connectivity index (χ2v) is 15.5. The zero-order valence-corrected chi connectivity index (χ0v) is 32.4. The molecule has 0 aliphatic rings. The summed E-state index contributed by atoms with van der Waals surface area (Å²) in [4.78, 5) is 5.60. The Bertz CT molecular complexity index is 1060. The van der Waals surface area contributed by atoms with Crippen LogP contribution in [0.4, 0.5) is 11.4 Å². The molecule has 0 bridgehead atoms. The van der Waals surface area contributed by atoms with E-state index in [-0.39, 0.29) is 0 Å². The Balaban J connectivity index is 1.89. The van der Waals surface area contributed by atoms with E-state index in [0.29, 0.717) is 0 Å². The summed E-state index contributed by atoms with van der Waals surface area (Å²) in [6.07, 6.45) is 32.7.